The van der Waals surface area contributed by atoms with Crippen LogP contribution in [0, 0.1) is 6.92 Å². The Morgan fingerprint density at radius 2 is 1.78 bits per heavy atom. The fraction of sp³-hybridized carbons (Fsp3) is 0.500. The highest BCUT2D eigenvalue weighted by Crippen LogP contribution is 2.39. The van der Waals surface area contributed by atoms with Crippen molar-refractivity contribution in [1.82, 2.24) is 34.8 Å². The topological polar surface area (TPSA) is 126 Å². The van der Waals surface area contributed by atoms with Crippen LogP contribution >= 0.6 is 0 Å². The van der Waals surface area contributed by atoms with Crippen molar-refractivity contribution in [2.45, 2.75) is 96.0 Å². The molecule has 2 bridgehead atoms. The van der Waals surface area contributed by atoms with Crippen LogP contribution in [-0.4, -0.2) is 64.7 Å². The predicted molar refractivity (Wildman–Crippen MR) is 157 cm³/mol. The maximum absolute atomic E-state index is 12.9. The van der Waals surface area contributed by atoms with Crippen LogP contribution in [-0.2, 0) is 4.74 Å². The third kappa shape index (κ3) is 5.32. The normalized spacial score (nSPS) is 22.2. The third-order valence-electron chi connectivity index (χ3n) is 8.18. The molecule has 2 aliphatic heterocycles. The van der Waals surface area contributed by atoms with Gasteiger partial charge >= 0.3 is 6.09 Å². The van der Waals surface area contributed by atoms with Gasteiger partial charge in [-0.15, -0.1) is 0 Å². The Kier molecular flexibility index (Phi) is 6.13. The first kappa shape index (κ1) is 25.8. The summed E-state index contributed by atoms with van der Waals surface area (Å²) in [6.45, 7) is 7.71. The van der Waals surface area contributed by atoms with E-state index < -0.39 is 5.60 Å². The number of ether oxygens (including phenoxy) is 1. The van der Waals surface area contributed by atoms with Gasteiger partial charge < -0.3 is 20.3 Å². The fourth-order valence-electron chi connectivity index (χ4n) is 6.19. The van der Waals surface area contributed by atoms with E-state index in [1.807, 2.05) is 44.9 Å². The first-order chi connectivity index (χ1) is 19.7. The molecule has 2 saturated heterocycles. The quantitative estimate of drug-likeness (QED) is 0.267. The van der Waals surface area contributed by atoms with Gasteiger partial charge in [0.2, 0.25) is 5.95 Å². The number of nitrogens with zero attached hydrogens (tertiary/aromatic N) is 6. The summed E-state index contributed by atoms with van der Waals surface area (Å²) >= 11 is 0. The number of carbonyl (C=O) groups is 1. The van der Waals surface area contributed by atoms with Gasteiger partial charge in [-0.25, -0.2) is 9.78 Å². The van der Waals surface area contributed by atoms with Crippen LogP contribution in [0.3, 0.4) is 0 Å². The number of aryl methyl sites for hydroxylation is 1. The van der Waals surface area contributed by atoms with Gasteiger partial charge in [0.1, 0.15) is 11.4 Å². The van der Waals surface area contributed by atoms with Gasteiger partial charge in [-0.1, -0.05) is 6.07 Å². The molecule has 3 aromatic heterocycles. The Hall–Kier alpha value is -4.15. The van der Waals surface area contributed by atoms with Gasteiger partial charge in [-0.05, 0) is 83.9 Å². The number of anilines is 3. The minimum Gasteiger partial charge on any atom is -0.444 e. The number of nitrogens with one attached hydrogen (secondary N) is 3. The summed E-state index contributed by atoms with van der Waals surface area (Å²) in [5.74, 6) is 1.96. The molecule has 7 rings (SSSR count). The zero-order valence-electron chi connectivity index (χ0n) is 24.0. The van der Waals surface area contributed by atoms with E-state index in [1.54, 1.807) is 0 Å². The molecule has 3 atom stereocenters. The highest BCUT2D eigenvalue weighted by molar-refractivity contribution is 5.94. The van der Waals surface area contributed by atoms with Gasteiger partial charge in [0, 0.05) is 47.0 Å². The number of piperidine rings is 1. The van der Waals surface area contributed by atoms with E-state index in [4.69, 9.17) is 14.7 Å². The van der Waals surface area contributed by atoms with E-state index in [-0.39, 0.29) is 24.2 Å². The van der Waals surface area contributed by atoms with E-state index in [1.165, 1.54) is 12.8 Å². The molecule has 1 aliphatic carbocycles. The molecular weight excluding hydrogens is 518 g/mol. The molecule has 5 heterocycles. The molecule has 0 spiro atoms. The van der Waals surface area contributed by atoms with E-state index in [9.17, 15) is 4.79 Å². The number of benzene rings is 1. The van der Waals surface area contributed by atoms with Gasteiger partial charge in [-0.2, -0.15) is 15.2 Å². The lowest BCUT2D eigenvalue weighted by Crippen LogP contribution is -2.51. The van der Waals surface area contributed by atoms with Crippen molar-refractivity contribution in [3.8, 4) is 11.1 Å². The van der Waals surface area contributed by atoms with Crippen molar-refractivity contribution >= 4 is 34.6 Å². The average Bonchev–Trinajstić information content (AvgIpc) is 3.37. The van der Waals surface area contributed by atoms with Crippen molar-refractivity contribution in [2.75, 3.05) is 10.6 Å². The fourth-order valence-corrected chi connectivity index (χ4v) is 6.19. The van der Waals surface area contributed by atoms with Crippen molar-refractivity contribution < 1.29 is 9.53 Å². The van der Waals surface area contributed by atoms with Crippen molar-refractivity contribution in [3.05, 3.63) is 42.4 Å². The maximum atomic E-state index is 12.9. The Morgan fingerprint density at radius 1 is 1.02 bits per heavy atom. The molecule has 11 nitrogen and oxygen atoms in total. The third-order valence-corrected chi connectivity index (χ3v) is 8.18. The zero-order valence-corrected chi connectivity index (χ0v) is 24.0. The highest BCUT2D eigenvalue weighted by Gasteiger charge is 2.45. The van der Waals surface area contributed by atoms with Crippen LogP contribution in [0.2, 0.25) is 0 Å². The Morgan fingerprint density at radius 3 is 2.46 bits per heavy atom. The van der Waals surface area contributed by atoms with Crippen molar-refractivity contribution in [1.29, 1.82) is 0 Å². The highest BCUT2D eigenvalue weighted by atomic mass is 16.6. The number of fused-ring (bicyclic) bond motifs is 3. The number of hydrogen-bond acceptors (Lipinski definition) is 8. The molecule has 1 aromatic carbocycles. The molecule has 214 valence electrons. The number of carbonyl (C=O) groups excluding carboxylic acids is 1. The monoisotopic (exact) mass is 555 g/mol. The van der Waals surface area contributed by atoms with Gasteiger partial charge in [0.05, 0.1) is 17.8 Å². The van der Waals surface area contributed by atoms with Crippen LogP contribution in [0.25, 0.3) is 22.0 Å². The summed E-state index contributed by atoms with van der Waals surface area (Å²) < 4.78 is 7.79. The van der Waals surface area contributed by atoms with Gasteiger partial charge in [0.25, 0.3) is 0 Å². The Labute approximate surface area is 239 Å². The molecule has 1 unspecified atom stereocenters. The number of hydrogen-bond donors (Lipinski definition) is 3. The van der Waals surface area contributed by atoms with Gasteiger partial charge in [-0.3, -0.25) is 9.78 Å². The average molecular weight is 556 g/mol. The standard InChI is InChI=1S/C30H37N9O2/c1-17-11-26(37-36-17)34-27-24-10-5-18(19-15-31-38(16-19)21-6-7-21)12-25(24)33-28(35-27)32-20-13-22-8-9-23(14-20)39(22)29(40)41-30(2,3)4/h5,10-12,15-16,20-23H,6-9,13-14H2,1-4H3,(H3,32,33,34,35,36,37)/t20?,22-,23+. The van der Waals surface area contributed by atoms with Crippen molar-refractivity contribution in [2.24, 2.45) is 0 Å². The minimum absolute atomic E-state index is 0.154. The van der Waals surface area contributed by atoms with Gasteiger partial charge in [0.15, 0.2) is 5.82 Å². The number of aromatic nitrogens is 6. The van der Waals surface area contributed by atoms with E-state index in [0.717, 1.165) is 53.4 Å². The van der Waals surface area contributed by atoms with Crippen LogP contribution < -0.4 is 10.6 Å². The molecule has 11 heteroatoms. The summed E-state index contributed by atoms with van der Waals surface area (Å²) in [6.07, 6.45) is 9.89. The molecule has 0 radical (unpaired) electrons. The SMILES string of the molecule is Cc1cc(Nc2nc(NC3C[C@H]4CC[C@@H](C3)N4C(=O)OC(C)(C)C)nc3cc(-c4cnn(C5CC5)c4)ccc23)n[nH]1. The second-order valence-corrected chi connectivity index (χ2v) is 12.7. The molecule has 1 saturated carbocycles. The van der Waals surface area contributed by atoms with Crippen LogP contribution in [0.1, 0.15) is 71.0 Å². The molecule has 3 fully saturated rings. The number of aromatic amines is 1. The molecule has 4 aromatic rings. The summed E-state index contributed by atoms with van der Waals surface area (Å²) in [5.41, 5.74) is 3.44. The van der Waals surface area contributed by atoms with E-state index >= 15 is 0 Å². The number of rotatable bonds is 6. The Balaban J connectivity index is 1.17. The minimum atomic E-state index is -0.504. The lowest BCUT2D eigenvalue weighted by atomic mass is 9.98. The lowest BCUT2D eigenvalue weighted by Gasteiger charge is -2.39. The number of H-pyrrole nitrogens is 1. The van der Waals surface area contributed by atoms with Crippen LogP contribution in [0.15, 0.2) is 36.7 Å². The second-order valence-electron chi connectivity index (χ2n) is 12.7. The molecular formula is C30H37N9O2. The molecule has 3 aliphatic rings. The summed E-state index contributed by atoms with van der Waals surface area (Å²) in [4.78, 5) is 24.8. The van der Waals surface area contributed by atoms with Crippen LogP contribution in [0.4, 0.5) is 22.4 Å². The largest absolute Gasteiger partial charge is 0.444 e. The number of amides is 1. The van der Waals surface area contributed by atoms with E-state index in [0.29, 0.717) is 23.6 Å². The molecule has 41 heavy (non-hydrogen) atoms. The second kappa shape index (κ2) is 9.74. The smallest absolute Gasteiger partial charge is 0.410 e. The first-order valence-corrected chi connectivity index (χ1v) is 14.6. The Bertz CT molecular complexity index is 1580. The molecule has 3 N–H and O–H groups in total. The molecule has 1 amide bonds. The van der Waals surface area contributed by atoms with E-state index in [2.05, 4.69) is 55.0 Å². The van der Waals surface area contributed by atoms with Crippen LogP contribution in [0.5, 0.6) is 0 Å². The summed E-state index contributed by atoms with van der Waals surface area (Å²) in [6, 6.07) is 9.21. The lowest BCUT2D eigenvalue weighted by molar-refractivity contribution is 0.00682. The predicted octanol–water partition coefficient (Wildman–Crippen LogP) is 5.95. The summed E-state index contributed by atoms with van der Waals surface area (Å²) in [7, 11) is 0. The summed E-state index contributed by atoms with van der Waals surface area (Å²) in [5, 5.41) is 19.8. The maximum Gasteiger partial charge on any atom is 0.410 e. The zero-order chi connectivity index (χ0) is 28.3. The van der Waals surface area contributed by atoms with Crippen molar-refractivity contribution in [3.63, 3.8) is 0 Å². The first-order valence-electron chi connectivity index (χ1n) is 14.6.